The highest BCUT2D eigenvalue weighted by Gasteiger charge is 2.32. The second kappa shape index (κ2) is 10.9. The number of rotatable bonds is 8. The van der Waals surface area contributed by atoms with E-state index in [1.807, 2.05) is 22.8 Å². The zero-order chi connectivity index (χ0) is 27.6. The van der Waals surface area contributed by atoms with Crippen molar-refractivity contribution in [2.24, 2.45) is 0 Å². The van der Waals surface area contributed by atoms with E-state index in [0.717, 1.165) is 11.1 Å². The lowest BCUT2D eigenvalue weighted by molar-refractivity contribution is -0.130. The van der Waals surface area contributed by atoms with Crippen LogP contribution in [0.5, 0.6) is 5.75 Å². The van der Waals surface area contributed by atoms with E-state index in [1.54, 1.807) is 24.2 Å². The number of aryl methyl sites for hydroxylation is 1. The molecule has 0 bridgehead atoms. The summed E-state index contributed by atoms with van der Waals surface area (Å²) in [5.41, 5.74) is 3.15. The Labute approximate surface area is 227 Å². The zero-order valence-corrected chi connectivity index (χ0v) is 22.8. The molecular formula is C28H33ClN6O3. The van der Waals surface area contributed by atoms with Crippen molar-refractivity contribution in [2.45, 2.75) is 52.2 Å². The molecule has 0 spiro atoms. The maximum atomic E-state index is 13.4. The first-order chi connectivity index (χ1) is 18.0. The third-order valence-electron chi connectivity index (χ3n) is 6.53. The number of halogens is 1. The van der Waals surface area contributed by atoms with Crippen LogP contribution in [0, 0.1) is 6.92 Å². The summed E-state index contributed by atoms with van der Waals surface area (Å²) < 4.78 is 1.86. The molecule has 0 aliphatic carbocycles. The molecule has 0 saturated carbocycles. The summed E-state index contributed by atoms with van der Waals surface area (Å²) in [5, 5.41) is 17.3. The van der Waals surface area contributed by atoms with Gasteiger partial charge in [-0.25, -0.2) is 4.98 Å². The molecule has 1 aliphatic heterocycles. The van der Waals surface area contributed by atoms with Crippen LogP contribution < -0.4 is 10.6 Å². The van der Waals surface area contributed by atoms with Gasteiger partial charge in [0.1, 0.15) is 17.3 Å². The number of phenolic OH excluding ortho intramolecular Hbond substituents is 1. The Morgan fingerprint density at radius 2 is 2.03 bits per heavy atom. The van der Waals surface area contributed by atoms with E-state index in [4.69, 9.17) is 16.6 Å². The molecule has 1 saturated heterocycles. The van der Waals surface area contributed by atoms with E-state index in [1.165, 1.54) is 12.1 Å². The van der Waals surface area contributed by atoms with Crippen molar-refractivity contribution in [2.75, 3.05) is 18.4 Å². The van der Waals surface area contributed by atoms with Gasteiger partial charge in [-0.05, 0) is 41.7 Å². The Kier molecular flexibility index (Phi) is 7.78. The van der Waals surface area contributed by atoms with Crippen LogP contribution in [0.1, 0.15) is 53.9 Å². The van der Waals surface area contributed by atoms with Gasteiger partial charge in [-0.3, -0.25) is 14.6 Å². The van der Waals surface area contributed by atoms with Crippen molar-refractivity contribution >= 4 is 29.1 Å². The summed E-state index contributed by atoms with van der Waals surface area (Å²) >= 11 is 6.39. The Morgan fingerprint density at radius 1 is 1.29 bits per heavy atom. The molecule has 2 aromatic heterocycles. The Morgan fingerprint density at radius 3 is 2.66 bits per heavy atom. The highest BCUT2D eigenvalue weighted by atomic mass is 35.5. The second-order valence-electron chi connectivity index (χ2n) is 10.5. The number of likely N-dealkylation sites (tertiary alicyclic amines) is 1. The van der Waals surface area contributed by atoms with Crippen LogP contribution >= 0.6 is 11.6 Å². The maximum absolute atomic E-state index is 13.4. The van der Waals surface area contributed by atoms with Crippen molar-refractivity contribution in [3.8, 4) is 5.75 Å². The van der Waals surface area contributed by atoms with E-state index in [9.17, 15) is 14.7 Å². The Bertz CT molecular complexity index is 1360. The number of nitrogens with one attached hydrogen (secondary N) is 2. The number of aromatic hydroxyl groups is 1. The van der Waals surface area contributed by atoms with E-state index < -0.39 is 0 Å². The number of imidazole rings is 1. The lowest BCUT2D eigenvalue weighted by Crippen LogP contribution is -2.60. The van der Waals surface area contributed by atoms with Crippen LogP contribution in [0.3, 0.4) is 0 Å². The Balaban J connectivity index is 1.60. The number of nitrogens with zero attached hydrogens (tertiary/aromatic N) is 4. The Hall–Kier alpha value is -3.85. The maximum Gasteiger partial charge on any atom is 0.270 e. The van der Waals surface area contributed by atoms with Crippen molar-refractivity contribution in [1.82, 2.24) is 24.8 Å². The molecule has 3 heterocycles. The summed E-state index contributed by atoms with van der Waals surface area (Å²) in [6.45, 7) is 13.0. The van der Waals surface area contributed by atoms with E-state index in [-0.39, 0.29) is 35.6 Å². The van der Waals surface area contributed by atoms with Gasteiger partial charge >= 0.3 is 0 Å². The van der Waals surface area contributed by atoms with Crippen LogP contribution in [0.4, 0.5) is 5.69 Å². The number of hydrogen-bond acceptors (Lipinski definition) is 6. The third kappa shape index (κ3) is 5.83. The number of benzene rings is 1. The molecule has 0 radical (unpaired) electrons. The lowest BCUT2D eigenvalue weighted by Gasteiger charge is -2.38. The monoisotopic (exact) mass is 536 g/mol. The molecule has 9 nitrogen and oxygen atoms in total. The minimum Gasteiger partial charge on any atom is -0.506 e. The number of hydrogen-bond donors (Lipinski definition) is 3. The van der Waals surface area contributed by atoms with Gasteiger partial charge in [0.25, 0.3) is 5.91 Å². The van der Waals surface area contributed by atoms with Gasteiger partial charge in [0.2, 0.25) is 5.91 Å². The average Bonchev–Trinajstić information content (AvgIpc) is 3.14. The number of carbonyl (C=O) groups excluding carboxylic acids is 2. The second-order valence-corrected chi connectivity index (χ2v) is 10.9. The normalized spacial score (nSPS) is 13.7. The predicted molar refractivity (Wildman–Crippen MR) is 147 cm³/mol. The van der Waals surface area contributed by atoms with Crippen molar-refractivity contribution in [3.63, 3.8) is 0 Å². The number of anilines is 1. The third-order valence-corrected chi connectivity index (χ3v) is 6.85. The molecule has 3 aromatic rings. The standard InChI is InChI=1S/C28H33ClN6O3/c1-6-25(37)34-15-19(16-34)33-27(38)26-17(2)32-24(35(26)14-18-8-7-9-30-12-18)13-31-22-10-20(28(3,4)5)21(29)11-23(22)36/h6-12,19,31,36H,1,13-16H2,2-5H3,(H,33,38). The lowest BCUT2D eigenvalue weighted by atomic mass is 9.86. The average molecular weight is 537 g/mol. The molecule has 38 heavy (non-hydrogen) atoms. The van der Waals surface area contributed by atoms with Crippen molar-refractivity contribution < 1.29 is 14.7 Å². The molecule has 200 valence electrons. The smallest absolute Gasteiger partial charge is 0.270 e. The molecule has 0 atom stereocenters. The quantitative estimate of drug-likeness (QED) is 0.296. The molecule has 0 unspecified atom stereocenters. The number of carbonyl (C=O) groups is 2. The van der Waals surface area contributed by atoms with Crippen LogP contribution in [0.15, 0.2) is 49.3 Å². The molecule has 10 heteroatoms. The first-order valence-electron chi connectivity index (χ1n) is 12.4. The van der Waals surface area contributed by atoms with Crippen molar-refractivity contribution in [1.29, 1.82) is 0 Å². The molecule has 4 rings (SSSR count). The van der Waals surface area contributed by atoms with Crippen LogP contribution in [0.25, 0.3) is 0 Å². The van der Waals surface area contributed by atoms with Gasteiger partial charge in [0.15, 0.2) is 0 Å². The SMILES string of the molecule is C=CC(=O)N1CC(NC(=O)c2c(C)nc(CNc3cc(C(C)(C)C)c(Cl)cc3O)n2Cc2cccnc2)C1. The highest BCUT2D eigenvalue weighted by molar-refractivity contribution is 6.31. The number of pyridine rings is 1. The van der Waals surface area contributed by atoms with Gasteiger partial charge in [0.05, 0.1) is 30.5 Å². The fourth-order valence-corrected chi connectivity index (χ4v) is 4.93. The van der Waals surface area contributed by atoms with Crippen LogP contribution in [0.2, 0.25) is 5.02 Å². The summed E-state index contributed by atoms with van der Waals surface area (Å²) in [6, 6.07) is 7.02. The van der Waals surface area contributed by atoms with E-state index in [0.29, 0.717) is 47.6 Å². The summed E-state index contributed by atoms with van der Waals surface area (Å²) in [5.74, 6) is 0.249. The minimum absolute atomic E-state index is 0.0339. The van der Waals surface area contributed by atoms with Gasteiger partial charge in [-0.2, -0.15) is 0 Å². The summed E-state index contributed by atoms with van der Waals surface area (Å²) in [4.78, 5) is 35.7. The van der Waals surface area contributed by atoms with Crippen LogP contribution in [-0.2, 0) is 23.3 Å². The summed E-state index contributed by atoms with van der Waals surface area (Å²) in [7, 11) is 0. The molecule has 1 aromatic carbocycles. The fourth-order valence-electron chi connectivity index (χ4n) is 4.48. The van der Waals surface area contributed by atoms with E-state index >= 15 is 0 Å². The number of aromatic nitrogens is 3. The highest BCUT2D eigenvalue weighted by Crippen LogP contribution is 2.37. The number of amides is 2. The van der Waals surface area contributed by atoms with Gasteiger partial charge in [-0.1, -0.05) is 45.0 Å². The van der Waals surface area contributed by atoms with Crippen LogP contribution in [-0.4, -0.2) is 55.5 Å². The first kappa shape index (κ1) is 27.2. The zero-order valence-electron chi connectivity index (χ0n) is 22.1. The van der Waals surface area contributed by atoms with Gasteiger partial charge < -0.3 is 25.2 Å². The largest absolute Gasteiger partial charge is 0.506 e. The molecule has 1 aliphatic rings. The van der Waals surface area contributed by atoms with E-state index in [2.05, 4.69) is 43.0 Å². The first-order valence-corrected chi connectivity index (χ1v) is 12.8. The predicted octanol–water partition coefficient (Wildman–Crippen LogP) is 4.03. The van der Waals surface area contributed by atoms with Gasteiger partial charge in [0, 0.05) is 36.6 Å². The molecule has 1 fully saturated rings. The molecule has 3 N–H and O–H groups in total. The fraction of sp³-hybridized carbons (Fsp3) is 0.357. The molecule has 2 amide bonds. The minimum atomic E-state index is -0.259. The number of phenols is 1. The summed E-state index contributed by atoms with van der Waals surface area (Å²) in [6.07, 6.45) is 4.72. The van der Waals surface area contributed by atoms with Crippen molar-refractivity contribution in [3.05, 3.63) is 82.7 Å². The topological polar surface area (TPSA) is 112 Å². The van der Waals surface area contributed by atoms with Gasteiger partial charge in [-0.15, -0.1) is 0 Å². The molecular weight excluding hydrogens is 504 g/mol.